The molecule has 2 heterocycles. The van der Waals surface area contributed by atoms with Crippen molar-refractivity contribution in [2.45, 2.75) is 13.3 Å². The van der Waals surface area contributed by atoms with Crippen molar-refractivity contribution in [2.75, 3.05) is 0 Å². The van der Waals surface area contributed by atoms with Gasteiger partial charge in [-0.15, -0.1) is 0 Å². The van der Waals surface area contributed by atoms with E-state index in [-0.39, 0.29) is 12.3 Å². The van der Waals surface area contributed by atoms with E-state index in [1.165, 1.54) is 6.20 Å². The van der Waals surface area contributed by atoms with Gasteiger partial charge in [-0.25, -0.2) is 4.98 Å². The van der Waals surface area contributed by atoms with E-state index in [4.69, 9.17) is 11.6 Å². The van der Waals surface area contributed by atoms with E-state index < -0.39 is 5.91 Å². The molecule has 2 aromatic heterocycles. The van der Waals surface area contributed by atoms with Crippen molar-refractivity contribution in [3.63, 3.8) is 0 Å². The average molecular weight is 358 g/mol. The van der Waals surface area contributed by atoms with Gasteiger partial charge in [-0.2, -0.15) is 5.10 Å². The highest BCUT2D eigenvalue weighted by Crippen LogP contribution is 2.16. The molecule has 1 aromatic carbocycles. The monoisotopic (exact) mass is 357 g/mol. The Balaban J connectivity index is 1.63. The van der Waals surface area contributed by atoms with E-state index in [1.54, 1.807) is 42.1 Å². The Hall–Kier alpha value is -2.93. The van der Waals surface area contributed by atoms with Gasteiger partial charge < -0.3 is 0 Å². The number of hydrazine groups is 1. The number of aromatic nitrogens is 3. The minimum Gasteiger partial charge on any atom is -0.273 e. The van der Waals surface area contributed by atoms with Crippen LogP contribution in [0.1, 0.15) is 21.6 Å². The van der Waals surface area contributed by atoms with Gasteiger partial charge in [0.2, 0.25) is 5.91 Å². The lowest BCUT2D eigenvalue weighted by Gasteiger charge is -2.07. The van der Waals surface area contributed by atoms with Crippen molar-refractivity contribution in [1.82, 2.24) is 25.6 Å². The summed E-state index contributed by atoms with van der Waals surface area (Å²) in [5, 5.41) is 5.66. The average Bonchev–Trinajstić information content (AvgIpc) is 2.88. The largest absolute Gasteiger partial charge is 0.273 e. The van der Waals surface area contributed by atoms with E-state index in [9.17, 15) is 9.59 Å². The third-order valence-electron chi connectivity index (χ3n) is 3.72. The van der Waals surface area contributed by atoms with Crippen LogP contribution >= 0.6 is 11.6 Å². The number of carbonyl (C=O) groups excluding carboxylic acids is 2. The first kappa shape index (κ1) is 16.9. The number of aryl methyl sites for hydroxylation is 2. The molecule has 0 aliphatic rings. The van der Waals surface area contributed by atoms with E-state index >= 15 is 0 Å². The number of benzene rings is 1. The molecule has 8 heteroatoms. The van der Waals surface area contributed by atoms with Crippen LogP contribution in [0.5, 0.6) is 0 Å². The lowest BCUT2D eigenvalue weighted by molar-refractivity contribution is -0.121. The van der Waals surface area contributed by atoms with Crippen molar-refractivity contribution in [2.24, 2.45) is 7.05 Å². The summed E-state index contributed by atoms with van der Waals surface area (Å²) in [7, 11) is 1.79. The molecule has 0 saturated carbocycles. The smallest absolute Gasteiger partial charge is 0.271 e. The fraction of sp³-hybridized carbons (Fsp3) is 0.176. The third kappa shape index (κ3) is 3.77. The fourth-order valence-corrected chi connectivity index (χ4v) is 2.59. The first-order valence-electron chi connectivity index (χ1n) is 7.57. The zero-order valence-electron chi connectivity index (χ0n) is 13.7. The van der Waals surface area contributed by atoms with Gasteiger partial charge in [-0.05, 0) is 30.7 Å². The molecule has 0 fully saturated rings. The van der Waals surface area contributed by atoms with E-state index in [0.717, 1.165) is 16.6 Å². The van der Waals surface area contributed by atoms with Crippen molar-refractivity contribution in [1.29, 1.82) is 0 Å². The molecule has 25 heavy (non-hydrogen) atoms. The van der Waals surface area contributed by atoms with Crippen LogP contribution in [0, 0.1) is 6.92 Å². The van der Waals surface area contributed by atoms with Crippen LogP contribution in [-0.2, 0) is 18.3 Å². The SMILES string of the molecule is Cc1nn(C)c2ncc(C(=O)NNC(=O)Cc3ccc(Cl)cc3)cc12. The predicted octanol–water partition coefficient (Wildman–Crippen LogP) is 1.93. The minimum atomic E-state index is -0.442. The minimum absolute atomic E-state index is 0.135. The van der Waals surface area contributed by atoms with Crippen molar-refractivity contribution >= 4 is 34.4 Å². The molecule has 2 amide bonds. The normalized spacial score (nSPS) is 10.7. The number of nitrogens with one attached hydrogen (secondary N) is 2. The fourth-order valence-electron chi connectivity index (χ4n) is 2.46. The first-order valence-corrected chi connectivity index (χ1v) is 7.95. The van der Waals surface area contributed by atoms with Gasteiger partial charge in [0.25, 0.3) is 5.91 Å². The summed E-state index contributed by atoms with van der Waals surface area (Å²) in [6.07, 6.45) is 1.58. The molecule has 0 unspecified atom stereocenters. The second-order valence-corrected chi connectivity index (χ2v) is 6.05. The number of rotatable bonds is 3. The zero-order chi connectivity index (χ0) is 18.0. The maximum atomic E-state index is 12.2. The zero-order valence-corrected chi connectivity index (χ0v) is 14.5. The second kappa shape index (κ2) is 6.90. The maximum absolute atomic E-state index is 12.2. The topological polar surface area (TPSA) is 88.9 Å². The summed E-state index contributed by atoms with van der Waals surface area (Å²) in [5.41, 5.74) is 7.40. The Labute approximate surface area is 149 Å². The summed E-state index contributed by atoms with van der Waals surface area (Å²) in [4.78, 5) is 28.4. The van der Waals surface area contributed by atoms with Crippen molar-refractivity contribution < 1.29 is 9.59 Å². The van der Waals surface area contributed by atoms with Gasteiger partial charge in [0.15, 0.2) is 5.65 Å². The Bertz CT molecular complexity index is 950. The molecule has 0 spiro atoms. The molecule has 0 saturated heterocycles. The van der Waals surface area contributed by atoms with E-state index in [2.05, 4.69) is 20.9 Å². The quantitative estimate of drug-likeness (QED) is 0.701. The van der Waals surface area contributed by atoms with Crippen LogP contribution in [0.3, 0.4) is 0 Å². The summed E-state index contributed by atoms with van der Waals surface area (Å²) in [6.45, 7) is 1.85. The van der Waals surface area contributed by atoms with Crippen LogP contribution in [0.25, 0.3) is 11.0 Å². The molecule has 0 aliphatic carbocycles. The van der Waals surface area contributed by atoms with E-state index in [0.29, 0.717) is 16.2 Å². The highest BCUT2D eigenvalue weighted by atomic mass is 35.5. The summed E-state index contributed by atoms with van der Waals surface area (Å²) >= 11 is 5.80. The molecule has 3 rings (SSSR count). The van der Waals surface area contributed by atoms with Crippen LogP contribution in [-0.4, -0.2) is 26.6 Å². The second-order valence-electron chi connectivity index (χ2n) is 5.61. The van der Waals surface area contributed by atoms with Crippen LogP contribution in [0.4, 0.5) is 0 Å². The first-order chi connectivity index (χ1) is 11.9. The standard InChI is InChI=1S/C17H16ClN5O2/c1-10-14-8-12(9-19-16(14)23(2)22-10)17(25)21-20-15(24)7-11-3-5-13(18)6-4-11/h3-6,8-9H,7H2,1-2H3,(H,20,24)(H,21,25). The summed E-state index contributed by atoms with van der Waals surface area (Å²) < 4.78 is 1.65. The molecule has 7 nitrogen and oxygen atoms in total. The highest BCUT2D eigenvalue weighted by molar-refractivity contribution is 6.30. The summed E-state index contributed by atoms with van der Waals surface area (Å²) in [6, 6.07) is 8.63. The van der Waals surface area contributed by atoms with Gasteiger partial charge >= 0.3 is 0 Å². The number of pyridine rings is 1. The van der Waals surface area contributed by atoms with Gasteiger partial charge in [0, 0.05) is 23.7 Å². The van der Waals surface area contributed by atoms with Crippen LogP contribution < -0.4 is 10.9 Å². The maximum Gasteiger partial charge on any atom is 0.271 e. The lowest BCUT2D eigenvalue weighted by Crippen LogP contribution is -2.42. The van der Waals surface area contributed by atoms with Crippen molar-refractivity contribution in [3.8, 4) is 0 Å². The van der Waals surface area contributed by atoms with Gasteiger partial charge in [0.1, 0.15) is 0 Å². The molecular formula is C17H16ClN5O2. The number of amides is 2. The Kier molecular flexibility index (Phi) is 4.67. The summed E-state index contributed by atoms with van der Waals surface area (Å²) in [5.74, 6) is -0.774. The molecule has 2 N–H and O–H groups in total. The number of fused-ring (bicyclic) bond motifs is 1. The van der Waals surface area contributed by atoms with Gasteiger partial charge in [-0.3, -0.25) is 25.1 Å². The molecule has 0 radical (unpaired) electrons. The van der Waals surface area contributed by atoms with Crippen molar-refractivity contribution in [3.05, 3.63) is 58.4 Å². The molecule has 3 aromatic rings. The third-order valence-corrected chi connectivity index (χ3v) is 3.97. The number of hydrogen-bond acceptors (Lipinski definition) is 4. The van der Waals surface area contributed by atoms with Gasteiger partial charge in [-0.1, -0.05) is 23.7 Å². The van der Waals surface area contributed by atoms with Crippen LogP contribution in [0.2, 0.25) is 5.02 Å². The van der Waals surface area contributed by atoms with Crippen LogP contribution in [0.15, 0.2) is 36.5 Å². The predicted molar refractivity (Wildman–Crippen MR) is 94.0 cm³/mol. The van der Waals surface area contributed by atoms with Gasteiger partial charge in [0.05, 0.1) is 17.7 Å². The molecular weight excluding hydrogens is 342 g/mol. The Morgan fingerprint density at radius 1 is 1.20 bits per heavy atom. The Morgan fingerprint density at radius 2 is 1.92 bits per heavy atom. The molecule has 0 aliphatic heterocycles. The van der Waals surface area contributed by atoms with E-state index in [1.807, 2.05) is 6.92 Å². The number of carbonyl (C=O) groups is 2. The molecule has 128 valence electrons. The lowest BCUT2D eigenvalue weighted by atomic mass is 10.1. The Morgan fingerprint density at radius 3 is 2.64 bits per heavy atom. The molecule has 0 atom stereocenters. The number of nitrogens with zero attached hydrogens (tertiary/aromatic N) is 3. The molecule has 0 bridgehead atoms. The number of hydrogen-bond donors (Lipinski definition) is 2. The highest BCUT2D eigenvalue weighted by Gasteiger charge is 2.12. The number of halogens is 1.